The molecule has 0 atom stereocenters. The van der Waals surface area contributed by atoms with Crippen LogP contribution < -0.4 is 0 Å². The molecule has 2 nitrogen and oxygen atoms in total. The summed E-state index contributed by atoms with van der Waals surface area (Å²) >= 11 is 0. The van der Waals surface area contributed by atoms with Gasteiger partial charge >= 0.3 is 0 Å². The maximum atomic E-state index is 8.12. The molecule has 1 fully saturated rings. The van der Waals surface area contributed by atoms with Crippen LogP contribution in [0.2, 0.25) is 0 Å². The van der Waals surface area contributed by atoms with Crippen molar-refractivity contribution in [2.45, 2.75) is 51.9 Å². The van der Waals surface area contributed by atoms with Crippen molar-refractivity contribution >= 4 is 17.1 Å². The summed E-state index contributed by atoms with van der Waals surface area (Å²) in [6, 6.07) is 8.09. The van der Waals surface area contributed by atoms with Crippen LogP contribution in [-0.2, 0) is 0 Å². The van der Waals surface area contributed by atoms with Crippen molar-refractivity contribution in [1.29, 1.82) is 5.41 Å². The Morgan fingerprint density at radius 2 is 1.89 bits per heavy atom. The van der Waals surface area contributed by atoms with Crippen LogP contribution in [0.15, 0.2) is 29.3 Å². The van der Waals surface area contributed by atoms with Crippen LogP contribution in [0, 0.1) is 5.41 Å². The van der Waals surface area contributed by atoms with Crippen molar-refractivity contribution in [3.8, 4) is 0 Å². The third kappa shape index (κ3) is 3.28. The average Bonchev–Trinajstić information content (AvgIpc) is 2.41. The van der Waals surface area contributed by atoms with Gasteiger partial charge in [0.05, 0.1) is 5.69 Å². The SMILES string of the molecule is CCCC(=N)c1ccccc1N=C1CCCCC1. The quantitative estimate of drug-likeness (QED) is 0.730. The Bertz CT molecular complexity index is 438. The first-order valence-corrected chi connectivity index (χ1v) is 7.04. The molecule has 0 saturated heterocycles. The van der Waals surface area contributed by atoms with Gasteiger partial charge in [0.15, 0.2) is 0 Å². The summed E-state index contributed by atoms with van der Waals surface area (Å²) in [5, 5.41) is 8.12. The lowest BCUT2D eigenvalue weighted by molar-refractivity contribution is 0.667. The maximum Gasteiger partial charge on any atom is 0.0719 e. The van der Waals surface area contributed by atoms with Gasteiger partial charge in [0.2, 0.25) is 0 Å². The van der Waals surface area contributed by atoms with Crippen molar-refractivity contribution in [3.05, 3.63) is 29.8 Å². The lowest BCUT2D eigenvalue weighted by Crippen LogP contribution is -2.05. The molecule has 18 heavy (non-hydrogen) atoms. The molecule has 0 amide bonds. The second-order valence-electron chi connectivity index (χ2n) is 4.98. The maximum absolute atomic E-state index is 8.12. The molecule has 0 radical (unpaired) electrons. The topological polar surface area (TPSA) is 36.2 Å². The number of rotatable bonds is 4. The summed E-state index contributed by atoms with van der Waals surface area (Å²) in [7, 11) is 0. The number of hydrogen-bond acceptors (Lipinski definition) is 2. The minimum atomic E-state index is 0.716. The molecule has 0 heterocycles. The van der Waals surface area contributed by atoms with E-state index < -0.39 is 0 Å². The van der Waals surface area contributed by atoms with Gasteiger partial charge in [0.25, 0.3) is 0 Å². The molecule has 1 aliphatic carbocycles. The van der Waals surface area contributed by atoms with Gasteiger partial charge < -0.3 is 5.41 Å². The van der Waals surface area contributed by atoms with E-state index in [1.165, 1.54) is 25.0 Å². The third-order valence-corrected chi connectivity index (χ3v) is 3.44. The molecule has 1 saturated carbocycles. The number of para-hydroxylation sites is 1. The van der Waals surface area contributed by atoms with Gasteiger partial charge in [-0.15, -0.1) is 0 Å². The van der Waals surface area contributed by atoms with E-state index in [1.807, 2.05) is 24.3 Å². The Balaban J connectivity index is 2.24. The lowest BCUT2D eigenvalue weighted by atomic mass is 9.98. The molecule has 1 N–H and O–H groups in total. The van der Waals surface area contributed by atoms with Gasteiger partial charge in [-0.2, -0.15) is 0 Å². The largest absolute Gasteiger partial charge is 0.305 e. The van der Waals surface area contributed by atoms with Crippen molar-refractivity contribution < 1.29 is 0 Å². The Morgan fingerprint density at radius 3 is 2.61 bits per heavy atom. The predicted molar refractivity (Wildman–Crippen MR) is 78.4 cm³/mol. The summed E-state index contributed by atoms with van der Waals surface area (Å²) < 4.78 is 0. The Labute approximate surface area is 110 Å². The molecular formula is C16H22N2. The molecule has 0 spiro atoms. The van der Waals surface area contributed by atoms with E-state index in [2.05, 4.69) is 6.92 Å². The van der Waals surface area contributed by atoms with E-state index >= 15 is 0 Å². The normalized spacial score (nSPS) is 15.5. The van der Waals surface area contributed by atoms with Gasteiger partial charge in [-0.3, -0.25) is 4.99 Å². The van der Waals surface area contributed by atoms with Crippen molar-refractivity contribution in [3.63, 3.8) is 0 Å². The zero-order valence-corrected chi connectivity index (χ0v) is 11.2. The van der Waals surface area contributed by atoms with Gasteiger partial charge in [0, 0.05) is 17.0 Å². The molecular weight excluding hydrogens is 220 g/mol. The highest BCUT2D eigenvalue weighted by molar-refractivity contribution is 6.03. The molecule has 1 aromatic rings. The molecule has 96 valence electrons. The van der Waals surface area contributed by atoms with Crippen molar-refractivity contribution in [2.24, 2.45) is 4.99 Å². The molecule has 1 aromatic carbocycles. The number of benzene rings is 1. The summed E-state index contributed by atoms with van der Waals surface area (Å²) in [4.78, 5) is 4.80. The third-order valence-electron chi connectivity index (χ3n) is 3.44. The molecule has 1 aliphatic rings. The van der Waals surface area contributed by atoms with E-state index in [0.717, 1.165) is 36.9 Å². The molecule has 0 aliphatic heterocycles. The molecule has 2 rings (SSSR count). The summed E-state index contributed by atoms with van der Waals surface area (Å²) in [5.41, 5.74) is 4.04. The molecule has 0 bridgehead atoms. The van der Waals surface area contributed by atoms with Crippen LogP contribution >= 0.6 is 0 Å². The zero-order chi connectivity index (χ0) is 12.8. The summed E-state index contributed by atoms with van der Waals surface area (Å²) in [6.45, 7) is 2.12. The Morgan fingerprint density at radius 1 is 1.17 bits per heavy atom. The lowest BCUT2D eigenvalue weighted by Gasteiger charge is -2.13. The van der Waals surface area contributed by atoms with Gasteiger partial charge in [-0.25, -0.2) is 0 Å². The summed E-state index contributed by atoms with van der Waals surface area (Å²) in [6.07, 6.45) is 8.00. The van der Waals surface area contributed by atoms with Gasteiger partial charge in [-0.05, 0) is 38.2 Å². The van der Waals surface area contributed by atoms with Gasteiger partial charge in [-0.1, -0.05) is 38.0 Å². The number of aliphatic imine (C=N–C) groups is 1. The average molecular weight is 242 g/mol. The first kappa shape index (κ1) is 13.0. The van der Waals surface area contributed by atoms with Crippen LogP contribution in [-0.4, -0.2) is 11.4 Å². The first-order valence-electron chi connectivity index (χ1n) is 7.04. The van der Waals surface area contributed by atoms with E-state index in [1.54, 1.807) is 0 Å². The summed E-state index contributed by atoms with van der Waals surface area (Å²) in [5.74, 6) is 0. The van der Waals surface area contributed by atoms with Crippen LogP contribution in [0.5, 0.6) is 0 Å². The van der Waals surface area contributed by atoms with E-state index in [4.69, 9.17) is 10.4 Å². The van der Waals surface area contributed by atoms with E-state index in [9.17, 15) is 0 Å². The van der Waals surface area contributed by atoms with E-state index in [0.29, 0.717) is 5.71 Å². The predicted octanol–water partition coefficient (Wildman–Crippen LogP) is 4.89. The van der Waals surface area contributed by atoms with Crippen LogP contribution in [0.25, 0.3) is 0 Å². The second kappa shape index (κ2) is 6.48. The standard InChI is InChI=1S/C16H22N2/c1-2-8-15(17)14-11-6-7-12-16(14)18-13-9-4-3-5-10-13/h6-7,11-12,17H,2-5,8-10H2,1H3. The monoisotopic (exact) mass is 242 g/mol. The Kier molecular flexibility index (Phi) is 4.68. The molecule has 0 aromatic heterocycles. The van der Waals surface area contributed by atoms with Crippen LogP contribution in [0.1, 0.15) is 57.4 Å². The van der Waals surface area contributed by atoms with Crippen LogP contribution in [0.3, 0.4) is 0 Å². The molecule has 2 heteroatoms. The van der Waals surface area contributed by atoms with Crippen LogP contribution in [0.4, 0.5) is 5.69 Å². The smallest absolute Gasteiger partial charge is 0.0719 e. The first-order chi connectivity index (χ1) is 8.81. The fourth-order valence-corrected chi connectivity index (χ4v) is 2.45. The fourth-order valence-electron chi connectivity index (χ4n) is 2.45. The van der Waals surface area contributed by atoms with Crippen molar-refractivity contribution in [2.75, 3.05) is 0 Å². The number of hydrogen-bond donors (Lipinski definition) is 1. The van der Waals surface area contributed by atoms with Gasteiger partial charge in [0.1, 0.15) is 0 Å². The highest BCUT2D eigenvalue weighted by Crippen LogP contribution is 2.24. The number of nitrogens with zero attached hydrogens (tertiary/aromatic N) is 1. The second-order valence-corrected chi connectivity index (χ2v) is 4.98. The number of nitrogens with one attached hydrogen (secondary N) is 1. The zero-order valence-electron chi connectivity index (χ0n) is 11.2. The molecule has 0 unspecified atom stereocenters. The van der Waals surface area contributed by atoms with E-state index in [-0.39, 0.29) is 0 Å². The minimum absolute atomic E-state index is 0.716. The minimum Gasteiger partial charge on any atom is -0.305 e. The highest BCUT2D eigenvalue weighted by atomic mass is 14.8. The Hall–Kier alpha value is -1.44. The highest BCUT2D eigenvalue weighted by Gasteiger charge is 2.10. The van der Waals surface area contributed by atoms with Crippen molar-refractivity contribution in [1.82, 2.24) is 0 Å². The fraction of sp³-hybridized carbons (Fsp3) is 0.500.